The second-order valence-corrected chi connectivity index (χ2v) is 7.75. The normalized spacial score (nSPS) is 23.0. The smallest absolute Gasteiger partial charge is 0.128 e. The fourth-order valence-electron chi connectivity index (χ4n) is 3.74. The highest BCUT2D eigenvalue weighted by Gasteiger charge is 2.37. The molecule has 0 bridgehead atoms. The summed E-state index contributed by atoms with van der Waals surface area (Å²) in [4.78, 5) is 9.43. The molecule has 0 aromatic carbocycles. The van der Waals surface area contributed by atoms with Crippen molar-refractivity contribution in [2.45, 2.75) is 45.1 Å². The number of anilines is 1. The third-order valence-corrected chi connectivity index (χ3v) is 5.65. The zero-order valence-electron chi connectivity index (χ0n) is 14.2. The largest absolute Gasteiger partial charge is 0.386 e. The van der Waals surface area contributed by atoms with Crippen molar-refractivity contribution in [2.75, 3.05) is 38.1 Å². The standard InChI is InChI=1S/C18H29N3O/c1-17(2,22)15-4-5-16(19-14-15)21-12-8-18(9-13-21)6-10-20(3)11-7-18/h4-5,14,22H,6-13H2,1-3H3. The number of hydrogen-bond donors (Lipinski definition) is 1. The molecule has 2 aliphatic rings. The fourth-order valence-corrected chi connectivity index (χ4v) is 3.74. The van der Waals surface area contributed by atoms with E-state index in [9.17, 15) is 5.11 Å². The molecule has 0 radical (unpaired) electrons. The van der Waals surface area contributed by atoms with Gasteiger partial charge in [0.05, 0.1) is 5.60 Å². The predicted molar refractivity (Wildman–Crippen MR) is 90.1 cm³/mol. The minimum absolute atomic E-state index is 0.579. The van der Waals surface area contributed by atoms with Gasteiger partial charge >= 0.3 is 0 Å². The number of rotatable bonds is 2. The number of aromatic nitrogens is 1. The number of aliphatic hydroxyl groups is 1. The molecule has 0 unspecified atom stereocenters. The van der Waals surface area contributed by atoms with Gasteiger partial charge in [-0.1, -0.05) is 6.07 Å². The van der Waals surface area contributed by atoms with Crippen LogP contribution in [0, 0.1) is 5.41 Å². The highest BCUT2D eigenvalue weighted by molar-refractivity contribution is 5.40. The lowest BCUT2D eigenvalue weighted by Gasteiger charge is -2.46. The summed E-state index contributed by atoms with van der Waals surface area (Å²) >= 11 is 0. The number of nitrogens with zero attached hydrogens (tertiary/aromatic N) is 3. The van der Waals surface area contributed by atoms with Gasteiger partial charge in [0.15, 0.2) is 0 Å². The van der Waals surface area contributed by atoms with Crippen molar-refractivity contribution in [3.63, 3.8) is 0 Å². The molecule has 122 valence electrons. The zero-order chi connectivity index (χ0) is 15.8. The molecule has 0 aliphatic carbocycles. The monoisotopic (exact) mass is 303 g/mol. The van der Waals surface area contributed by atoms with Crippen LogP contribution < -0.4 is 4.90 Å². The Hall–Kier alpha value is -1.13. The van der Waals surface area contributed by atoms with Crippen molar-refractivity contribution < 1.29 is 5.11 Å². The first-order valence-electron chi connectivity index (χ1n) is 8.50. The van der Waals surface area contributed by atoms with E-state index in [1.54, 1.807) is 13.8 Å². The van der Waals surface area contributed by atoms with Crippen molar-refractivity contribution in [3.05, 3.63) is 23.9 Å². The average Bonchev–Trinajstić information content (AvgIpc) is 2.51. The first kappa shape index (κ1) is 15.8. The van der Waals surface area contributed by atoms with Gasteiger partial charge in [-0.25, -0.2) is 4.98 Å². The van der Waals surface area contributed by atoms with Crippen molar-refractivity contribution >= 4 is 5.82 Å². The molecule has 1 spiro atoms. The van der Waals surface area contributed by atoms with Crippen LogP contribution in [-0.4, -0.2) is 48.2 Å². The van der Waals surface area contributed by atoms with E-state index in [2.05, 4.69) is 27.9 Å². The highest BCUT2D eigenvalue weighted by atomic mass is 16.3. The van der Waals surface area contributed by atoms with Crippen molar-refractivity contribution in [3.8, 4) is 0 Å². The minimum atomic E-state index is -0.814. The molecule has 4 nitrogen and oxygen atoms in total. The molecule has 0 amide bonds. The molecule has 0 atom stereocenters. The second-order valence-electron chi connectivity index (χ2n) is 7.75. The van der Waals surface area contributed by atoms with Crippen LogP contribution in [0.4, 0.5) is 5.82 Å². The number of piperidine rings is 2. The zero-order valence-corrected chi connectivity index (χ0v) is 14.2. The van der Waals surface area contributed by atoms with Crippen LogP contribution in [0.2, 0.25) is 0 Å². The molecule has 1 aromatic rings. The topological polar surface area (TPSA) is 39.6 Å². The Morgan fingerprint density at radius 1 is 1.05 bits per heavy atom. The van der Waals surface area contributed by atoms with Crippen molar-refractivity contribution in [1.82, 2.24) is 9.88 Å². The molecule has 1 N–H and O–H groups in total. The molecule has 3 heterocycles. The maximum absolute atomic E-state index is 10.0. The van der Waals surface area contributed by atoms with Gasteiger partial charge in [-0.3, -0.25) is 0 Å². The average molecular weight is 303 g/mol. The van der Waals surface area contributed by atoms with Gasteiger partial charge in [-0.15, -0.1) is 0 Å². The van der Waals surface area contributed by atoms with Gasteiger partial charge in [-0.05, 0) is 71.1 Å². The quantitative estimate of drug-likeness (QED) is 0.912. The molecular formula is C18H29N3O. The number of likely N-dealkylation sites (tertiary alicyclic amines) is 1. The highest BCUT2D eigenvalue weighted by Crippen LogP contribution is 2.41. The fraction of sp³-hybridized carbons (Fsp3) is 0.722. The molecule has 3 rings (SSSR count). The van der Waals surface area contributed by atoms with Gasteiger partial charge < -0.3 is 14.9 Å². The lowest BCUT2D eigenvalue weighted by molar-refractivity contribution is 0.0782. The second kappa shape index (κ2) is 5.82. The first-order chi connectivity index (χ1) is 10.4. The first-order valence-corrected chi connectivity index (χ1v) is 8.50. The molecule has 4 heteroatoms. The van der Waals surface area contributed by atoms with Crippen molar-refractivity contribution in [1.29, 1.82) is 0 Å². The van der Waals surface area contributed by atoms with E-state index < -0.39 is 5.60 Å². The Morgan fingerprint density at radius 3 is 2.14 bits per heavy atom. The maximum Gasteiger partial charge on any atom is 0.128 e. The van der Waals surface area contributed by atoms with Gasteiger partial charge in [0.2, 0.25) is 0 Å². The lowest BCUT2D eigenvalue weighted by Crippen LogP contribution is -2.46. The molecule has 2 saturated heterocycles. The minimum Gasteiger partial charge on any atom is -0.386 e. The summed E-state index contributed by atoms with van der Waals surface area (Å²) in [5.41, 5.74) is 0.641. The van der Waals surface area contributed by atoms with Crippen LogP contribution in [0.5, 0.6) is 0 Å². The van der Waals surface area contributed by atoms with Crippen LogP contribution in [0.1, 0.15) is 45.1 Å². The summed E-state index contributed by atoms with van der Waals surface area (Å²) in [5, 5.41) is 10.0. The van der Waals surface area contributed by atoms with E-state index in [0.29, 0.717) is 5.41 Å². The van der Waals surface area contributed by atoms with E-state index in [-0.39, 0.29) is 0 Å². The Labute approximate surface area is 134 Å². The summed E-state index contributed by atoms with van der Waals surface area (Å²) in [6, 6.07) is 4.06. The molecular weight excluding hydrogens is 274 g/mol. The maximum atomic E-state index is 10.0. The third kappa shape index (κ3) is 3.28. The number of pyridine rings is 1. The summed E-state index contributed by atoms with van der Waals surface area (Å²) < 4.78 is 0. The van der Waals surface area contributed by atoms with Crippen LogP contribution in [0.15, 0.2) is 18.3 Å². The summed E-state index contributed by atoms with van der Waals surface area (Å²) in [5.74, 6) is 1.05. The summed E-state index contributed by atoms with van der Waals surface area (Å²) in [6.45, 7) is 8.32. The SMILES string of the molecule is CN1CCC2(CC1)CCN(c1ccc(C(C)(C)O)cn1)CC2. The summed E-state index contributed by atoms with van der Waals surface area (Å²) in [7, 11) is 2.23. The lowest BCUT2D eigenvalue weighted by atomic mass is 9.71. The molecule has 2 aliphatic heterocycles. The summed E-state index contributed by atoms with van der Waals surface area (Å²) in [6.07, 6.45) is 7.09. The van der Waals surface area contributed by atoms with Crippen LogP contribution in [-0.2, 0) is 5.60 Å². The predicted octanol–water partition coefficient (Wildman–Crippen LogP) is 2.62. The van der Waals surface area contributed by atoms with Gasteiger partial charge in [0, 0.05) is 24.8 Å². The van der Waals surface area contributed by atoms with Crippen LogP contribution in [0.3, 0.4) is 0 Å². The van der Waals surface area contributed by atoms with E-state index >= 15 is 0 Å². The number of hydrogen-bond acceptors (Lipinski definition) is 4. The van der Waals surface area contributed by atoms with E-state index in [1.807, 2.05) is 12.3 Å². The van der Waals surface area contributed by atoms with E-state index in [0.717, 1.165) is 24.5 Å². The Bertz CT molecular complexity index is 488. The van der Waals surface area contributed by atoms with Crippen LogP contribution >= 0.6 is 0 Å². The van der Waals surface area contributed by atoms with Gasteiger partial charge in [0.1, 0.15) is 5.82 Å². The molecule has 0 saturated carbocycles. The van der Waals surface area contributed by atoms with Gasteiger partial charge in [0.25, 0.3) is 0 Å². The van der Waals surface area contributed by atoms with E-state index in [4.69, 9.17) is 0 Å². The Morgan fingerprint density at radius 2 is 1.64 bits per heavy atom. The third-order valence-electron chi connectivity index (χ3n) is 5.65. The molecule has 2 fully saturated rings. The van der Waals surface area contributed by atoms with Crippen LogP contribution in [0.25, 0.3) is 0 Å². The van der Waals surface area contributed by atoms with E-state index in [1.165, 1.54) is 38.8 Å². The van der Waals surface area contributed by atoms with Crippen molar-refractivity contribution in [2.24, 2.45) is 5.41 Å². The molecule has 1 aromatic heterocycles. The Balaban J connectivity index is 1.62. The molecule has 22 heavy (non-hydrogen) atoms. The van der Waals surface area contributed by atoms with Gasteiger partial charge in [-0.2, -0.15) is 0 Å². The Kier molecular flexibility index (Phi) is 4.17.